The highest BCUT2D eigenvalue weighted by molar-refractivity contribution is 7.99. The molecular weight excluding hydrogens is 537 g/mol. The molecule has 1 N–H and O–H groups in total. The first-order chi connectivity index (χ1) is 18.5. The van der Waals surface area contributed by atoms with Crippen LogP contribution in [0.3, 0.4) is 0 Å². The van der Waals surface area contributed by atoms with Crippen molar-refractivity contribution in [1.82, 2.24) is 14.8 Å². The fraction of sp³-hybridized carbons (Fsp3) is 0.357. The van der Waals surface area contributed by atoms with Gasteiger partial charge in [0.05, 0.1) is 18.4 Å². The molecule has 0 atom stereocenters. The summed E-state index contributed by atoms with van der Waals surface area (Å²) in [5.74, 6) is 0.352. The van der Waals surface area contributed by atoms with Crippen molar-refractivity contribution < 1.29 is 14.3 Å². The third kappa shape index (κ3) is 5.43. The van der Waals surface area contributed by atoms with Crippen LogP contribution in [0.5, 0.6) is 0 Å². The Morgan fingerprint density at radius 2 is 1.87 bits per heavy atom. The van der Waals surface area contributed by atoms with Crippen LogP contribution in [0.25, 0.3) is 22.5 Å². The molecule has 0 bridgehead atoms. The predicted molar refractivity (Wildman–Crippen MR) is 155 cm³/mol. The Bertz CT molecular complexity index is 1460. The molecule has 198 valence electrons. The van der Waals surface area contributed by atoms with Gasteiger partial charge >= 0.3 is 5.97 Å². The van der Waals surface area contributed by atoms with E-state index in [-0.39, 0.29) is 17.6 Å². The predicted octanol–water partition coefficient (Wildman–Crippen LogP) is 6.76. The number of aromatic nitrogens is 3. The Labute approximate surface area is 234 Å². The van der Waals surface area contributed by atoms with E-state index in [1.165, 1.54) is 46.4 Å². The Balaban J connectivity index is 1.32. The zero-order valence-corrected chi connectivity index (χ0v) is 24.2. The lowest BCUT2D eigenvalue weighted by molar-refractivity contribution is -0.113. The zero-order valence-electron chi connectivity index (χ0n) is 21.7. The Kier molecular flexibility index (Phi) is 8.30. The smallest absolute Gasteiger partial charge is 0.341 e. The average molecular weight is 567 g/mol. The van der Waals surface area contributed by atoms with E-state index in [9.17, 15) is 9.59 Å². The van der Waals surface area contributed by atoms with Crippen LogP contribution in [-0.4, -0.2) is 39.5 Å². The van der Waals surface area contributed by atoms with Gasteiger partial charge in [-0.1, -0.05) is 54.9 Å². The lowest BCUT2D eigenvalue weighted by Crippen LogP contribution is -2.16. The van der Waals surface area contributed by atoms with E-state index >= 15 is 0 Å². The maximum atomic E-state index is 13.0. The van der Waals surface area contributed by atoms with E-state index in [2.05, 4.69) is 40.0 Å². The van der Waals surface area contributed by atoms with Gasteiger partial charge < -0.3 is 14.6 Å². The fourth-order valence-corrected chi connectivity index (χ4v) is 7.74. The van der Waals surface area contributed by atoms with Crippen LogP contribution in [0.2, 0.25) is 0 Å². The number of hydrogen-bond acceptors (Lipinski definition) is 8. The molecule has 0 saturated carbocycles. The molecule has 0 spiro atoms. The number of nitrogens with zero attached hydrogens (tertiary/aromatic N) is 3. The summed E-state index contributed by atoms with van der Waals surface area (Å²) < 4.78 is 7.01. The number of aryl methyl sites for hydroxylation is 2. The Morgan fingerprint density at radius 1 is 1.11 bits per heavy atom. The number of anilines is 1. The fourth-order valence-electron chi connectivity index (χ4n) is 4.88. The van der Waals surface area contributed by atoms with Gasteiger partial charge in [0.15, 0.2) is 11.0 Å². The number of ether oxygens (including phenoxy) is 1. The number of esters is 1. The molecule has 0 radical (unpaired) electrons. The third-order valence-corrected chi connectivity index (χ3v) is 9.90. The first-order valence-electron chi connectivity index (χ1n) is 12.7. The van der Waals surface area contributed by atoms with Gasteiger partial charge in [0.1, 0.15) is 5.00 Å². The summed E-state index contributed by atoms with van der Waals surface area (Å²) in [5.41, 5.74) is 4.90. The quantitative estimate of drug-likeness (QED) is 0.197. The van der Waals surface area contributed by atoms with Gasteiger partial charge in [0.25, 0.3) is 0 Å². The number of nitrogens with one attached hydrogen (secondary N) is 1. The lowest BCUT2D eigenvalue weighted by atomic mass is 9.96. The maximum Gasteiger partial charge on any atom is 0.341 e. The second-order valence-electron chi connectivity index (χ2n) is 9.26. The summed E-state index contributed by atoms with van der Waals surface area (Å²) in [6, 6.07) is 10.3. The number of rotatable bonds is 7. The van der Waals surface area contributed by atoms with Crippen molar-refractivity contribution in [3.8, 4) is 22.5 Å². The number of fused-ring (bicyclic) bond motifs is 1. The van der Waals surface area contributed by atoms with Gasteiger partial charge in [-0.2, -0.15) is 0 Å². The highest BCUT2D eigenvalue weighted by Crippen LogP contribution is 2.39. The molecule has 1 amide bonds. The van der Waals surface area contributed by atoms with Crippen LogP contribution in [0.1, 0.15) is 51.4 Å². The molecule has 0 aliphatic heterocycles. The SMILES string of the molecule is COC(=O)c1c(NC(=O)CSc2nnc(-c3csc(C)c3-c3ccccc3)n2C)sc2c1CCCCCC2. The summed E-state index contributed by atoms with van der Waals surface area (Å²) in [4.78, 5) is 28.0. The van der Waals surface area contributed by atoms with Gasteiger partial charge in [-0.05, 0) is 43.7 Å². The minimum absolute atomic E-state index is 0.156. The molecule has 1 aromatic carbocycles. The molecule has 0 unspecified atom stereocenters. The van der Waals surface area contributed by atoms with E-state index in [0.717, 1.165) is 60.2 Å². The molecular formula is C28H30N4O3S3. The standard InChI is InChI=1S/C28H30N4O3S3/c1-17-23(18-11-7-6-8-12-18)20(15-36-17)25-30-31-28(32(25)2)37-16-22(33)29-26-24(27(34)35-3)19-13-9-4-5-10-14-21(19)38-26/h6-8,11-12,15H,4-5,9-10,13-14,16H2,1-3H3,(H,29,33). The molecule has 10 heteroatoms. The highest BCUT2D eigenvalue weighted by Gasteiger charge is 2.26. The largest absolute Gasteiger partial charge is 0.465 e. The van der Waals surface area contributed by atoms with Gasteiger partial charge in [0.2, 0.25) is 5.91 Å². The topological polar surface area (TPSA) is 86.1 Å². The van der Waals surface area contributed by atoms with Gasteiger partial charge in [-0.15, -0.1) is 32.9 Å². The number of benzene rings is 1. The molecule has 5 rings (SSSR count). The third-order valence-electron chi connectivity index (χ3n) is 6.76. The van der Waals surface area contributed by atoms with Crippen LogP contribution in [-0.2, 0) is 29.4 Å². The van der Waals surface area contributed by atoms with E-state index < -0.39 is 0 Å². The molecule has 4 aromatic rings. The molecule has 0 fully saturated rings. The minimum atomic E-state index is -0.385. The molecule has 3 heterocycles. The number of carbonyl (C=O) groups excluding carboxylic acids is 2. The lowest BCUT2D eigenvalue weighted by Gasteiger charge is -2.11. The first-order valence-corrected chi connectivity index (χ1v) is 15.3. The second-order valence-corrected chi connectivity index (χ2v) is 12.4. The van der Waals surface area contributed by atoms with E-state index in [4.69, 9.17) is 4.74 Å². The number of methoxy groups -OCH3 is 1. The first kappa shape index (κ1) is 26.6. The van der Waals surface area contributed by atoms with Crippen molar-refractivity contribution in [2.45, 2.75) is 50.6 Å². The van der Waals surface area contributed by atoms with E-state index in [1.54, 1.807) is 11.3 Å². The van der Waals surface area contributed by atoms with Crippen molar-refractivity contribution in [2.75, 3.05) is 18.2 Å². The number of hydrogen-bond donors (Lipinski definition) is 1. The Hall–Kier alpha value is -2.95. The molecule has 1 aliphatic carbocycles. The van der Waals surface area contributed by atoms with Crippen molar-refractivity contribution in [3.63, 3.8) is 0 Å². The monoisotopic (exact) mass is 566 g/mol. The summed E-state index contributed by atoms with van der Waals surface area (Å²) in [6.07, 6.45) is 6.27. The summed E-state index contributed by atoms with van der Waals surface area (Å²) in [5, 5.41) is 15.2. The van der Waals surface area contributed by atoms with Crippen molar-refractivity contribution >= 4 is 51.3 Å². The number of thioether (sulfide) groups is 1. The summed E-state index contributed by atoms with van der Waals surface area (Å²) in [7, 11) is 3.31. The van der Waals surface area contributed by atoms with E-state index in [0.29, 0.717) is 15.7 Å². The van der Waals surface area contributed by atoms with E-state index in [1.807, 2.05) is 29.8 Å². The van der Waals surface area contributed by atoms with Crippen molar-refractivity contribution in [3.05, 3.63) is 56.6 Å². The minimum Gasteiger partial charge on any atom is -0.465 e. The molecule has 1 aliphatic rings. The number of carbonyl (C=O) groups is 2. The van der Waals surface area contributed by atoms with Crippen molar-refractivity contribution in [1.29, 1.82) is 0 Å². The van der Waals surface area contributed by atoms with Crippen molar-refractivity contribution in [2.24, 2.45) is 7.05 Å². The van der Waals surface area contributed by atoms with Gasteiger partial charge in [0, 0.05) is 33.3 Å². The molecule has 0 saturated heterocycles. The zero-order chi connectivity index (χ0) is 26.6. The van der Waals surface area contributed by atoms with Crippen LogP contribution < -0.4 is 5.32 Å². The average Bonchev–Trinajstić information content (AvgIpc) is 3.57. The summed E-state index contributed by atoms with van der Waals surface area (Å²) >= 11 is 4.53. The van der Waals surface area contributed by atoms with Crippen LogP contribution >= 0.6 is 34.4 Å². The Morgan fingerprint density at radius 3 is 2.63 bits per heavy atom. The van der Waals surface area contributed by atoms with Crippen LogP contribution in [0.15, 0.2) is 40.9 Å². The van der Waals surface area contributed by atoms with Gasteiger partial charge in [-0.25, -0.2) is 4.79 Å². The number of amides is 1. The highest BCUT2D eigenvalue weighted by atomic mass is 32.2. The summed E-state index contributed by atoms with van der Waals surface area (Å²) in [6.45, 7) is 2.11. The molecule has 38 heavy (non-hydrogen) atoms. The maximum absolute atomic E-state index is 13.0. The number of thiophene rings is 2. The van der Waals surface area contributed by atoms with Gasteiger partial charge in [-0.3, -0.25) is 4.79 Å². The van der Waals surface area contributed by atoms with Crippen LogP contribution in [0.4, 0.5) is 5.00 Å². The van der Waals surface area contributed by atoms with Crippen LogP contribution in [0, 0.1) is 6.92 Å². The molecule has 7 nitrogen and oxygen atoms in total. The second kappa shape index (κ2) is 11.8. The normalized spacial score (nSPS) is 13.4. The molecule has 3 aromatic heterocycles.